The van der Waals surface area contributed by atoms with E-state index in [1.54, 1.807) is 44.2 Å². The number of benzene rings is 3. The van der Waals surface area contributed by atoms with Crippen molar-refractivity contribution in [3.8, 4) is 11.5 Å². The normalized spacial score (nSPS) is 17.5. The number of hydrogen-bond donors (Lipinski definition) is 2. The molecule has 1 aliphatic rings. The predicted molar refractivity (Wildman–Crippen MR) is 114 cm³/mol. The van der Waals surface area contributed by atoms with E-state index in [-0.39, 0.29) is 19.0 Å². The molecule has 0 aliphatic carbocycles. The zero-order valence-corrected chi connectivity index (χ0v) is 17.9. The molecule has 0 saturated carbocycles. The van der Waals surface area contributed by atoms with E-state index in [1.807, 2.05) is 6.07 Å². The van der Waals surface area contributed by atoms with Crippen LogP contribution in [0.1, 0.15) is 25.0 Å². The summed E-state index contributed by atoms with van der Waals surface area (Å²) in [5, 5.41) is 13.5. The molecule has 0 unspecified atom stereocenters. The molecule has 9 heteroatoms. The highest BCUT2D eigenvalue weighted by atomic mass is 19.4. The van der Waals surface area contributed by atoms with Gasteiger partial charge in [-0.3, -0.25) is 0 Å². The van der Waals surface area contributed by atoms with E-state index < -0.39 is 29.2 Å². The van der Waals surface area contributed by atoms with Gasteiger partial charge in [0.25, 0.3) is 0 Å². The molecule has 3 aromatic carbocycles. The lowest BCUT2D eigenvalue weighted by atomic mass is 9.88. The van der Waals surface area contributed by atoms with Crippen molar-refractivity contribution in [2.45, 2.75) is 31.3 Å². The summed E-state index contributed by atoms with van der Waals surface area (Å²) in [6.45, 7) is 3.69. The Labute approximate surface area is 187 Å². The third kappa shape index (κ3) is 5.04. The van der Waals surface area contributed by atoms with E-state index in [2.05, 4.69) is 5.32 Å². The summed E-state index contributed by atoms with van der Waals surface area (Å²) in [7, 11) is 0. The lowest BCUT2D eigenvalue weighted by Gasteiger charge is -2.43. The summed E-state index contributed by atoms with van der Waals surface area (Å²) in [5.74, 6) is -0.375. The smallest absolute Gasteiger partial charge is 0.416 e. The number of fused-ring (bicyclic) bond motifs is 1. The molecule has 2 N–H and O–H groups in total. The van der Waals surface area contributed by atoms with Crippen molar-refractivity contribution in [2.75, 3.05) is 13.2 Å². The van der Waals surface area contributed by atoms with Gasteiger partial charge in [-0.15, -0.1) is 0 Å². The van der Waals surface area contributed by atoms with Gasteiger partial charge >= 0.3 is 12.3 Å². The van der Waals surface area contributed by atoms with Gasteiger partial charge in [-0.2, -0.15) is 13.2 Å². The average Bonchev–Trinajstić information content (AvgIpc) is 2.74. The van der Waals surface area contributed by atoms with Crippen LogP contribution in [0.2, 0.25) is 0 Å². The number of rotatable bonds is 4. The Morgan fingerprint density at radius 2 is 1.61 bits per heavy atom. The van der Waals surface area contributed by atoms with Crippen molar-refractivity contribution >= 4 is 16.9 Å². The third-order valence-electron chi connectivity index (χ3n) is 5.44. The van der Waals surface area contributed by atoms with Crippen LogP contribution >= 0.6 is 0 Å². The first-order valence-electron chi connectivity index (χ1n) is 10.1. The third-order valence-corrected chi connectivity index (χ3v) is 5.44. The summed E-state index contributed by atoms with van der Waals surface area (Å²) in [6.07, 6.45) is -5.66. The fourth-order valence-corrected chi connectivity index (χ4v) is 3.65. The monoisotopic (exact) mass is 461 g/mol. The minimum atomic E-state index is -4.46. The zero-order chi connectivity index (χ0) is 23.9. The molecule has 6 nitrogen and oxygen atoms in total. The standard InChI is InChI=1S/C24H22F3NO5/c1-22(2)31-13-23(14-32-22,28-21(29)30)17-8-6-16-11-20(9-7-15(16)10-17)33-19-5-3-4-18(12-19)24(25,26)27/h3-12,28H,13-14H2,1-2H3,(H,29,30). The Hall–Kier alpha value is -3.30. The Morgan fingerprint density at radius 3 is 2.27 bits per heavy atom. The van der Waals surface area contributed by atoms with Gasteiger partial charge in [-0.1, -0.05) is 24.3 Å². The SMILES string of the molecule is CC1(C)OCC(NC(=O)O)(c2ccc3cc(Oc4cccc(C(F)(F)F)c4)ccc3c2)CO1. The van der Waals surface area contributed by atoms with Crippen molar-refractivity contribution in [3.05, 3.63) is 71.8 Å². The molecule has 1 fully saturated rings. The van der Waals surface area contributed by atoms with Crippen LogP contribution in [0.25, 0.3) is 10.8 Å². The van der Waals surface area contributed by atoms with Crippen LogP contribution in [0.5, 0.6) is 11.5 Å². The number of nitrogens with one attached hydrogen (secondary N) is 1. The molecule has 1 amide bonds. The maximum absolute atomic E-state index is 12.9. The Balaban J connectivity index is 1.62. The fraction of sp³-hybridized carbons (Fsp3) is 0.292. The van der Waals surface area contributed by atoms with Gasteiger partial charge in [0.15, 0.2) is 5.79 Å². The minimum Gasteiger partial charge on any atom is -0.465 e. The molecule has 0 spiro atoms. The van der Waals surface area contributed by atoms with Crippen molar-refractivity contribution in [1.29, 1.82) is 0 Å². The highest BCUT2D eigenvalue weighted by Crippen LogP contribution is 2.35. The molecule has 4 rings (SSSR count). The number of halogens is 3. The molecule has 0 radical (unpaired) electrons. The van der Waals surface area contributed by atoms with Crippen LogP contribution in [0, 0.1) is 0 Å². The van der Waals surface area contributed by atoms with Crippen molar-refractivity contribution in [2.24, 2.45) is 0 Å². The average molecular weight is 461 g/mol. The van der Waals surface area contributed by atoms with Crippen LogP contribution < -0.4 is 10.1 Å². The predicted octanol–water partition coefficient (Wildman–Crippen LogP) is 5.90. The van der Waals surface area contributed by atoms with Gasteiger partial charge in [0, 0.05) is 0 Å². The second-order valence-corrected chi connectivity index (χ2v) is 8.34. The first kappa shape index (κ1) is 22.9. The molecule has 1 aliphatic heterocycles. The van der Waals surface area contributed by atoms with Crippen LogP contribution in [0.4, 0.5) is 18.0 Å². The van der Waals surface area contributed by atoms with E-state index in [9.17, 15) is 23.1 Å². The summed E-state index contributed by atoms with van der Waals surface area (Å²) in [4.78, 5) is 11.5. The molecule has 33 heavy (non-hydrogen) atoms. The first-order valence-corrected chi connectivity index (χ1v) is 10.1. The van der Waals surface area contributed by atoms with Crippen molar-refractivity contribution in [1.82, 2.24) is 5.32 Å². The molecular weight excluding hydrogens is 439 g/mol. The van der Waals surface area contributed by atoms with E-state index in [0.29, 0.717) is 11.3 Å². The molecule has 1 saturated heterocycles. The van der Waals surface area contributed by atoms with Gasteiger partial charge in [0.05, 0.1) is 18.8 Å². The Kier molecular flexibility index (Phi) is 5.71. The molecule has 0 atom stereocenters. The topological polar surface area (TPSA) is 77.0 Å². The van der Waals surface area contributed by atoms with E-state index in [4.69, 9.17) is 14.2 Å². The molecule has 174 valence electrons. The number of alkyl halides is 3. The summed E-state index contributed by atoms with van der Waals surface area (Å²) in [5.41, 5.74) is -1.20. The van der Waals surface area contributed by atoms with Crippen LogP contribution in [0.3, 0.4) is 0 Å². The minimum absolute atomic E-state index is 0.0736. The number of carbonyl (C=O) groups is 1. The molecule has 0 aromatic heterocycles. The van der Waals surface area contributed by atoms with E-state index in [1.165, 1.54) is 12.1 Å². The van der Waals surface area contributed by atoms with Crippen molar-refractivity contribution < 1.29 is 37.3 Å². The number of carboxylic acid groups (broad SMARTS) is 1. The number of hydrogen-bond acceptors (Lipinski definition) is 4. The largest absolute Gasteiger partial charge is 0.465 e. The van der Waals surface area contributed by atoms with Crippen molar-refractivity contribution in [3.63, 3.8) is 0 Å². The number of ether oxygens (including phenoxy) is 3. The zero-order valence-electron chi connectivity index (χ0n) is 17.9. The van der Waals surface area contributed by atoms with E-state index >= 15 is 0 Å². The lowest BCUT2D eigenvalue weighted by molar-refractivity contribution is -0.272. The summed E-state index contributed by atoms with van der Waals surface area (Å²) >= 11 is 0. The van der Waals surface area contributed by atoms with Gasteiger partial charge in [-0.05, 0) is 66.6 Å². The van der Waals surface area contributed by atoms with E-state index in [0.717, 1.165) is 22.9 Å². The first-order chi connectivity index (χ1) is 15.5. The highest BCUT2D eigenvalue weighted by molar-refractivity contribution is 5.85. The summed E-state index contributed by atoms with van der Waals surface area (Å²) < 4.78 is 55.9. The molecule has 0 bridgehead atoms. The Morgan fingerprint density at radius 1 is 0.970 bits per heavy atom. The highest BCUT2D eigenvalue weighted by Gasteiger charge is 2.43. The van der Waals surface area contributed by atoms with Crippen LogP contribution in [0.15, 0.2) is 60.7 Å². The van der Waals surface area contributed by atoms with Gasteiger partial charge in [-0.25, -0.2) is 4.79 Å². The quantitative estimate of drug-likeness (QED) is 0.506. The number of amides is 1. The Bertz CT molecular complexity index is 1180. The molecule has 1 heterocycles. The molecular formula is C24H22F3NO5. The van der Waals surface area contributed by atoms with Gasteiger partial charge < -0.3 is 24.6 Å². The van der Waals surface area contributed by atoms with Gasteiger partial charge in [0.2, 0.25) is 0 Å². The fourth-order valence-electron chi connectivity index (χ4n) is 3.65. The van der Waals surface area contributed by atoms with Crippen LogP contribution in [-0.4, -0.2) is 30.2 Å². The maximum atomic E-state index is 12.9. The van der Waals surface area contributed by atoms with Gasteiger partial charge in [0.1, 0.15) is 17.0 Å². The molecule has 3 aromatic rings. The lowest BCUT2D eigenvalue weighted by Crippen LogP contribution is -2.58. The summed E-state index contributed by atoms with van der Waals surface area (Å²) in [6, 6.07) is 15.1. The van der Waals surface area contributed by atoms with Crippen LogP contribution in [-0.2, 0) is 21.2 Å². The second kappa shape index (κ2) is 8.24. The maximum Gasteiger partial charge on any atom is 0.416 e. The second-order valence-electron chi connectivity index (χ2n) is 8.34.